The lowest BCUT2D eigenvalue weighted by Crippen LogP contribution is -2.01. The lowest BCUT2D eigenvalue weighted by molar-refractivity contribution is -0.384. The van der Waals surface area contributed by atoms with Crippen molar-refractivity contribution in [3.63, 3.8) is 0 Å². The Kier molecular flexibility index (Phi) is 4.96. The van der Waals surface area contributed by atoms with Crippen LogP contribution in [0.15, 0.2) is 48.5 Å². The minimum Gasteiger partial charge on any atom is -0.493 e. The molecule has 0 N–H and O–H groups in total. The molecule has 0 aliphatic rings. The molecule has 0 saturated carbocycles. The van der Waals surface area contributed by atoms with Gasteiger partial charge in [0.25, 0.3) is 5.69 Å². The van der Waals surface area contributed by atoms with Crippen LogP contribution >= 0.6 is 11.6 Å². The van der Waals surface area contributed by atoms with Crippen LogP contribution in [0.2, 0.25) is 0 Å². The molecule has 0 aromatic heterocycles. The van der Waals surface area contributed by atoms with Crippen molar-refractivity contribution in [1.29, 1.82) is 0 Å². The quantitative estimate of drug-likeness (QED) is 0.460. The van der Waals surface area contributed by atoms with E-state index in [2.05, 4.69) is 0 Å². The molecule has 0 fully saturated rings. The highest BCUT2D eigenvalue weighted by atomic mass is 35.5. The van der Waals surface area contributed by atoms with Crippen molar-refractivity contribution < 1.29 is 9.66 Å². The monoisotopic (exact) mass is 291 g/mol. The maximum absolute atomic E-state index is 10.5. The summed E-state index contributed by atoms with van der Waals surface area (Å²) in [7, 11) is 0. The number of nitrogens with zero attached hydrogens (tertiary/aromatic N) is 1. The van der Waals surface area contributed by atoms with Gasteiger partial charge in [-0.2, -0.15) is 0 Å². The SMILES string of the molecule is O=[N+]([O-])c1ccc(CCOc2ccc(CCl)cc2)cc1. The number of hydrogen-bond acceptors (Lipinski definition) is 3. The van der Waals surface area contributed by atoms with Crippen molar-refractivity contribution in [2.24, 2.45) is 0 Å². The predicted molar refractivity (Wildman–Crippen MR) is 78.3 cm³/mol. The number of ether oxygens (including phenoxy) is 1. The van der Waals surface area contributed by atoms with Crippen LogP contribution in [-0.4, -0.2) is 11.5 Å². The average molecular weight is 292 g/mol. The van der Waals surface area contributed by atoms with Crippen LogP contribution in [0.4, 0.5) is 5.69 Å². The van der Waals surface area contributed by atoms with Crippen molar-refractivity contribution in [2.45, 2.75) is 12.3 Å². The van der Waals surface area contributed by atoms with Gasteiger partial charge in [0.1, 0.15) is 5.75 Å². The first kappa shape index (κ1) is 14.3. The number of nitro benzene ring substituents is 1. The van der Waals surface area contributed by atoms with Crippen molar-refractivity contribution in [2.75, 3.05) is 6.61 Å². The number of alkyl halides is 1. The Morgan fingerprint density at radius 1 is 1.00 bits per heavy atom. The number of non-ortho nitro benzene ring substituents is 1. The van der Waals surface area contributed by atoms with Crippen LogP contribution in [0, 0.1) is 10.1 Å². The molecule has 4 nitrogen and oxygen atoms in total. The minimum atomic E-state index is -0.404. The molecule has 2 aromatic rings. The summed E-state index contributed by atoms with van der Waals surface area (Å²) < 4.78 is 5.61. The zero-order valence-electron chi connectivity index (χ0n) is 10.8. The normalized spacial score (nSPS) is 10.2. The summed E-state index contributed by atoms with van der Waals surface area (Å²) in [5, 5.41) is 10.5. The van der Waals surface area contributed by atoms with Gasteiger partial charge in [-0.05, 0) is 23.3 Å². The van der Waals surface area contributed by atoms with Crippen molar-refractivity contribution in [3.05, 3.63) is 69.8 Å². The van der Waals surface area contributed by atoms with Gasteiger partial charge in [-0.15, -0.1) is 11.6 Å². The molecule has 0 spiro atoms. The molecule has 20 heavy (non-hydrogen) atoms. The van der Waals surface area contributed by atoms with Crippen molar-refractivity contribution >= 4 is 17.3 Å². The largest absolute Gasteiger partial charge is 0.493 e. The van der Waals surface area contributed by atoms with E-state index in [1.165, 1.54) is 12.1 Å². The minimum absolute atomic E-state index is 0.103. The molecule has 0 bridgehead atoms. The Morgan fingerprint density at radius 3 is 2.15 bits per heavy atom. The second kappa shape index (κ2) is 6.91. The van der Waals surface area contributed by atoms with Gasteiger partial charge in [-0.3, -0.25) is 10.1 Å². The number of benzene rings is 2. The standard InChI is InChI=1S/C15H14ClNO3/c16-11-13-3-7-15(8-4-13)20-10-9-12-1-5-14(6-2-12)17(18)19/h1-8H,9-11H2. The van der Waals surface area contributed by atoms with E-state index in [1.54, 1.807) is 12.1 Å². The fourth-order valence-electron chi connectivity index (χ4n) is 1.75. The maximum atomic E-state index is 10.5. The van der Waals surface area contributed by atoms with E-state index >= 15 is 0 Å². The lowest BCUT2D eigenvalue weighted by Gasteiger charge is -2.06. The highest BCUT2D eigenvalue weighted by Crippen LogP contribution is 2.15. The molecule has 0 atom stereocenters. The lowest BCUT2D eigenvalue weighted by atomic mass is 10.1. The second-order valence-corrected chi connectivity index (χ2v) is 4.57. The fraction of sp³-hybridized carbons (Fsp3) is 0.200. The third-order valence-corrected chi connectivity index (χ3v) is 3.19. The first-order chi connectivity index (χ1) is 9.69. The van der Waals surface area contributed by atoms with Gasteiger partial charge in [0, 0.05) is 24.4 Å². The summed E-state index contributed by atoms with van der Waals surface area (Å²) in [6, 6.07) is 14.1. The molecule has 0 aliphatic carbocycles. The van der Waals surface area contributed by atoms with Crippen LogP contribution in [-0.2, 0) is 12.3 Å². The van der Waals surface area contributed by atoms with Crippen LogP contribution in [0.3, 0.4) is 0 Å². The summed E-state index contributed by atoms with van der Waals surface area (Å²) in [4.78, 5) is 10.1. The molecular formula is C15H14ClNO3. The Bertz CT molecular complexity index is 567. The first-order valence-corrected chi connectivity index (χ1v) is 6.73. The van der Waals surface area contributed by atoms with E-state index in [4.69, 9.17) is 16.3 Å². The molecule has 0 aliphatic heterocycles. The molecular weight excluding hydrogens is 278 g/mol. The Hall–Kier alpha value is -2.07. The van der Waals surface area contributed by atoms with Gasteiger partial charge >= 0.3 is 0 Å². The van der Waals surface area contributed by atoms with Crippen molar-refractivity contribution in [1.82, 2.24) is 0 Å². The highest BCUT2D eigenvalue weighted by Gasteiger charge is 2.03. The molecule has 0 radical (unpaired) electrons. The van der Waals surface area contributed by atoms with E-state index in [0.717, 1.165) is 16.9 Å². The summed E-state index contributed by atoms with van der Waals surface area (Å²) in [5.74, 6) is 1.28. The summed E-state index contributed by atoms with van der Waals surface area (Å²) in [5.41, 5.74) is 2.16. The average Bonchev–Trinajstić information content (AvgIpc) is 2.48. The summed E-state index contributed by atoms with van der Waals surface area (Å²) in [6.45, 7) is 0.526. The highest BCUT2D eigenvalue weighted by molar-refractivity contribution is 6.17. The van der Waals surface area contributed by atoms with Crippen LogP contribution in [0.1, 0.15) is 11.1 Å². The summed E-state index contributed by atoms with van der Waals surface area (Å²) >= 11 is 5.71. The summed E-state index contributed by atoms with van der Waals surface area (Å²) in [6.07, 6.45) is 0.704. The van der Waals surface area contributed by atoms with Gasteiger partial charge in [0.05, 0.1) is 11.5 Å². The molecule has 5 heteroatoms. The molecule has 104 valence electrons. The fourth-order valence-corrected chi connectivity index (χ4v) is 1.92. The van der Waals surface area contributed by atoms with Crippen LogP contribution in [0.25, 0.3) is 0 Å². The predicted octanol–water partition coefficient (Wildman–Crippen LogP) is 3.96. The third-order valence-electron chi connectivity index (χ3n) is 2.88. The zero-order chi connectivity index (χ0) is 14.4. The number of rotatable bonds is 6. The Morgan fingerprint density at radius 2 is 1.60 bits per heavy atom. The molecule has 2 aromatic carbocycles. The number of halogens is 1. The zero-order valence-corrected chi connectivity index (χ0v) is 11.5. The molecule has 0 amide bonds. The van der Waals surface area contributed by atoms with Gasteiger partial charge < -0.3 is 4.74 Å². The van der Waals surface area contributed by atoms with E-state index in [1.807, 2.05) is 24.3 Å². The van der Waals surface area contributed by atoms with E-state index in [0.29, 0.717) is 18.9 Å². The molecule has 2 rings (SSSR count). The van der Waals surface area contributed by atoms with Crippen molar-refractivity contribution in [3.8, 4) is 5.75 Å². The first-order valence-electron chi connectivity index (χ1n) is 6.20. The molecule has 0 saturated heterocycles. The Balaban J connectivity index is 1.84. The third kappa shape index (κ3) is 3.96. The van der Waals surface area contributed by atoms with E-state index in [9.17, 15) is 10.1 Å². The van der Waals surface area contributed by atoms with E-state index in [-0.39, 0.29) is 5.69 Å². The number of nitro groups is 1. The van der Waals surface area contributed by atoms with Gasteiger partial charge in [-0.25, -0.2) is 0 Å². The molecule has 0 heterocycles. The van der Waals surface area contributed by atoms with Crippen LogP contribution < -0.4 is 4.74 Å². The second-order valence-electron chi connectivity index (χ2n) is 4.30. The molecule has 0 unspecified atom stereocenters. The van der Waals surface area contributed by atoms with Gasteiger partial charge in [0.15, 0.2) is 0 Å². The van der Waals surface area contributed by atoms with E-state index < -0.39 is 4.92 Å². The maximum Gasteiger partial charge on any atom is 0.269 e. The topological polar surface area (TPSA) is 52.4 Å². The smallest absolute Gasteiger partial charge is 0.269 e. The van der Waals surface area contributed by atoms with Gasteiger partial charge in [-0.1, -0.05) is 24.3 Å². The van der Waals surface area contributed by atoms with Gasteiger partial charge in [0.2, 0.25) is 0 Å². The van der Waals surface area contributed by atoms with Crippen LogP contribution in [0.5, 0.6) is 5.75 Å². The Labute approximate surface area is 122 Å². The number of hydrogen-bond donors (Lipinski definition) is 0.